The van der Waals surface area contributed by atoms with E-state index in [2.05, 4.69) is 20.4 Å². The molecule has 1 N–H and O–H groups in total. The third-order valence-corrected chi connectivity index (χ3v) is 3.58. The fraction of sp³-hybridized carbons (Fsp3) is 0.615. The van der Waals surface area contributed by atoms with E-state index in [0.29, 0.717) is 24.4 Å². The number of imidazole rings is 1. The molecule has 0 bridgehead atoms. The molecule has 2 aliphatic rings. The molecule has 2 aromatic rings. The fourth-order valence-electron chi connectivity index (χ4n) is 2.12. The summed E-state index contributed by atoms with van der Waals surface area (Å²) in [5.74, 6) is 2.07. The van der Waals surface area contributed by atoms with Gasteiger partial charge >= 0.3 is 0 Å². The van der Waals surface area contributed by atoms with Crippen molar-refractivity contribution in [1.29, 1.82) is 0 Å². The molecule has 2 saturated carbocycles. The van der Waals surface area contributed by atoms with Crippen molar-refractivity contribution in [3.63, 3.8) is 0 Å². The van der Waals surface area contributed by atoms with Gasteiger partial charge in [-0.05, 0) is 25.7 Å². The van der Waals surface area contributed by atoms with Gasteiger partial charge in [0.05, 0.1) is 12.0 Å². The van der Waals surface area contributed by atoms with Crippen molar-refractivity contribution in [2.24, 2.45) is 0 Å². The molecule has 4 rings (SSSR count). The molecular formula is C13H17N5O. The van der Waals surface area contributed by atoms with Crippen molar-refractivity contribution in [3.8, 4) is 0 Å². The van der Waals surface area contributed by atoms with Crippen molar-refractivity contribution in [2.75, 3.05) is 0 Å². The molecule has 0 aromatic carbocycles. The highest BCUT2D eigenvalue weighted by molar-refractivity contribution is 5.04. The first kappa shape index (κ1) is 11.2. The Bertz CT molecular complexity index is 567. The Balaban J connectivity index is 1.37. The van der Waals surface area contributed by atoms with Gasteiger partial charge in [-0.1, -0.05) is 5.16 Å². The molecule has 2 fully saturated rings. The van der Waals surface area contributed by atoms with Crippen LogP contribution in [0.3, 0.4) is 0 Å². The lowest BCUT2D eigenvalue weighted by molar-refractivity contribution is 0.366. The molecule has 100 valence electrons. The first-order chi connectivity index (χ1) is 9.37. The quantitative estimate of drug-likeness (QED) is 0.850. The molecule has 0 amide bonds. The van der Waals surface area contributed by atoms with Crippen LogP contribution in [0.5, 0.6) is 0 Å². The number of rotatable bonds is 6. The molecule has 19 heavy (non-hydrogen) atoms. The highest BCUT2D eigenvalue weighted by atomic mass is 16.5. The Labute approximate surface area is 111 Å². The molecule has 0 radical (unpaired) electrons. The molecule has 6 heteroatoms. The second-order valence-corrected chi connectivity index (χ2v) is 5.51. The van der Waals surface area contributed by atoms with E-state index in [1.165, 1.54) is 25.7 Å². The minimum atomic E-state index is 0.540. The van der Waals surface area contributed by atoms with Gasteiger partial charge in [0, 0.05) is 24.7 Å². The lowest BCUT2D eigenvalue weighted by Crippen LogP contribution is -2.15. The van der Waals surface area contributed by atoms with Crippen LogP contribution in [0, 0.1) is 0 Å². The summed E-state index contributed by atoms with van der Waals surface area (Å²) in [5, 5.41) is 7.47. The lowest BCUT2D eigenvalue weighted by Gasteiger charge is -1.98. The molecule has 0 saturated heterocycles. The van der Waals surface area contributed by atoms with Crippen molar-refractivity contribution in [2.45, 2.75) is 50.7 Å². The molecule has 0 atom stereocenters. The average Bonchev–Trinajstić information content (AvgIpc) is 3.34. The minimum Gasteiger partial charge on any atom is -0.337 e. The maximum absolute atomic E-state index is 5.26. The average molecular weight is 259 g/mol. The van der Waals surface area contributed by atoms with E-state index in [0.717, 1.165) is 18.1 Å². The summed E-state index contributed by atoms with van der Waals surface area (Å²) in [6, 6.07) is 0.710. The monoisotopic (exact) mass is 259 g/mol. The minimum absolute atomic E-state index is 0.540. The van der Waals surface area contributed by atoms with Crippen LogP contribution in [-0.2, 0) is 13.1 Å². The predicted molar refractivity (Wildman–Crippen MR) is 67.5 cm³/mol. The third kappa shape index (κ3) is 2.68. The van der Waals surface area contributed by atoms with Gasteiger partial charge in [-0.3, -0.25) is 0 Å². The zero-order chi connectivity index (χ0) is 12.7. The Morgan fingerprint density at radius 2 is 2.21 bits per heavy atom. The van der Waals surface area contributed by atoms with Gasteiger partial charge in [-0.25, -0.2) is 4.98 Å². The molecular weight excluding hydrogens is 242 g/mol. The Morgan fingerprint density at radius 3 is 3.00 bits per heavy atom. The normalized spacial score (nSPS) is 18.9. The Kier molecular flexibility index (Phi) is 2.61. The number of hydrogen-bond acceptors (Lipinski definition) is 5. The third-order valence-electron chi connectivity index (χ3n) is 3.58. The number of nitrogens with one attached hydrogen (secondary N) is 1. The molecule has 0 unspecified atom stereocenters. The van der Waals surface area contributed by atoms with Crippen LogP contribution in [-0.4, -0.2) is 25.7 Å². The largest absolute Gasteiger partial charge is 0.337 e. The molecule has 2 aliphatic carbocycles. The molecule has 2 aromatic heterocycles. The van der Waals surface area contributed by atoms with E-state index < -0.39 is 0 Å². The van der Waals surface area contributed by atoms with Gasteiger partial charge in [0.25, 0.3) is 0 Å². The highest BCUT2D eigenvalue weighted by Crippen LogP contribution is 2.38. The highest BCUT2D eigenvalue weighted by Gasteiger charge is 2.28. The van der Waals surface area contributed by atoms with Gasteiger partial charge in [-0.2, -0.15) is 4.98 Å². The summed E-state index contributed by atoms with van der Waals surface area (Å²) in [6.07, 6.45) is 8.85. The van der Waals surface area contributed by atoms with Crippen LogP contribution in [0.1, 0.15) is 49.0 Å². The van der Waals surface area contributed by atoms with Gasteiger partial charge in [0.15, 0.2) is 5.82 Å². The van der Waals surface area contributed by atoms with Gasteiger partial charge in [0.2, 0.25) is 5.89 Å². The first-order valence-corrected chi connectivity index (χ1v) is 6.93. The Hall–Kier alpha value is -1.69. The van der Waals surface area contributed by atoms with Gasteiger partial charge < -0.3 is 14.4 Å². The van der Waals surface area contributed by atoms with E-state index >= 15 is 0 Å². The summed E-state index contributed by atoms with van der Waals surface area (Å²) in [6.45, 7) is 1.45. The van der Waals surface area contributed by atoms with E-state index in [-0.39, 0.29) is 0 Å². The number of hydrogen-bond donors (Lipinski definition) is 1. The maximum atomic E-state index is 5.26. The zero-order valence-electron chi connectivity index (χ0n) is 10.7. The summed E-state index contributed by atoms with van der Waals surface area (Å²) in [5.41, 5.74) is 1.06. The number of nitrogens with zero attached hydrogens (tertiary/aromatic N) is 4. The van der Waals surface area contributed by atoms with Crippen LogP contribution in [0.2, 0.25) is 0 Å². The maximum Gasteiger partial charge on any atom is 0.246 e. The van der Waals surface area contributed by atoms with Crippen molar-refractivity contribution < 1.29 is 4.52 Å². The second-order valence-electron chi connectivity index (χ2n) is 5.51. The van der Waals surface area contributed by atoms with Crippen molar-refractivity contribution >= 4 is 0 Å². The van der Waals surface area contributed by atoms with Crippen LogP contribution in [0.15, 0.2) is 17.0 Å². The van der Waals surface area contributed by atoms with E-state index in [1.807, 2.05) is 17.1 Å². The first-order valence-electron chi connectivity index (χ1n) is 6.93. The van der Waals surface area contributed by atoms with Gasteiger partial charge in [-0.15, -0.1) is 0 Å². The van der Waals surface area contributed by atoms with Crippen LogP contribution in [0.4, 0.5) is 0 Å². The summed E-state index contributed by atoms with van der Waals surface area (Å²) in [4.78, 5) is 8.80. The zero-order valence-corrected chi connectivity index (χ0v) is 10.7. The van der Waals surface area contributed by atoms with Crippen molar-refractivity contribution in [3.05, 3.63) is 29.9 Å². The predicted octanol–water partition coefficient (Wildman–Crippen LogP) is 1.44. The van der Waals surface area contributed by atoms with E-state index in [1.54, 1.807) is 0 Å². The van der Waals surface area contributed by atoms with Crippen LogP contribution < -0.4 is 5.32 Å². The van der Waals surface area contributed by atoms with Gasteiger partial charge in [0.1, 0.15) is 6.54 Å². The van der Waals surface area contributed by atoms with Crippen molar-refractivity contribution in [1.82, 2.24) is 25.0 Å². The molecule has 6 nitrogen and oxygen atoms in total. The Morgan fingerprint density at radius 1 is 1.32 bits per heavy atom. The molecule has 0 aliphatic heterocycles. The topological polar surface area (TPSA) is 68.8 Å². The van der Waals surface area contributed by atoms with Crippen LogP contribution >= 0.6 is 0 Å². The van der Waals surface area contributed by atoms with E-state index in [4.69, 9.17) is 4.52 Å². The SMILES string of the molecule is c1nc(CNC2CC2)cn1Cc1nc(C2CC2)no1. The summed E-state index contributed by atoms with van der Waals surface area (Å²) in [7, 11) is 0. The smallest absolute Gasteiger partial charge is 0.246 e. The standard InChI is InChI=1S/C13H17N5O/c1-2-9(1)13-16-12(19-17-13)7-18-6-11(15-8-18)5-14-10-3-4-10/h6,8-10,14H,1-5,7H2. The fourth-order valence-corrected chi connectivity index (χ4v) is 2.12. The molecule has 0 spiro atoms. The lowest BCUT2D eigenvalue weighted by atomic mass is 10.4. The number of aromatic nitrogens is 4. The molecule has 2 heterocycles. The van der Waals surface area contributed by atoms with E-state index in [9.17, 15) is 0 Å². The van der Waals surface area contributed by atoms with Crippen LogP contribution in [0.25, 0.3) is 0 Å². The summed E-state index contributed by atoms with van der Waals surface area (Å²) >= 11 is 0. The second kappa shape index (κ2) is 4.45. The summed E-state index contributed by atoms with van der Waals surface area (Å²) < 4.78 is 7.26.